The number of hydrogen-bond acceptors (Lipinski definition) is 2. The Balaban J connectivity index is 0. The van der Waals surface area contributed by atoms with Crippen molar-refractivity contribution in [3.05, 3.63) is 0 Å². The van der Waals surface area contributed by atoms with Crippen LogP contribution in [0.15, 0.2) is 0 Å². The van der Waals surface area contributed by atoms with Crippen LogP contribution >= 0.6 is 0 Å². The lowest BCUT2D eigenvalue weighted by molar-refractivity contribution is -0.929. The molecular weight excluding hydrogens is 330 g/mol. The molecule has 0 fully saturated rings. The molecule has 0 bridgehead atoms. The Kier molecular flexibility index (Phi) is 15.7. The van der Waals surface area contributed by atoms with Crippen LogP contribution in [-0.4, -0.2) is 52.8 Å². The highest BCUT2D eigenvalue weighted by Gasteiger charge is 2.35. The molecule has 0 amide bonds. The van der Waals surface area contributed by atoms with Crippen LogP contribution in [0.4, 0.5) is 0 Å². The van der Waals surface area contributed by atoms with Gasteiger partial charge in [0.1, 0.15) is 0 Å². The highest BCUT2D eigenvalue weighted by Crippen LogP contribution is 2.16. The molecule has 5 heteroatoms. The van der Waals surface area contributed by atoms with Crippen molar-refractivity contribution in [3.63, 3.8) is 0 Å². The van der Waals surface area contributed by atoms with Gasteiger partial charge in [0.05, 0.1) is 26.2 Å². The Morgan fingerprint density at radius 1 is 0.654 bits per heavy atom. The van der Waals surface area contributed by atoms with Crippen LogP contribution in [0.25, 0.3) is 0 Å². The van der Waals surface area contributed by atoms with E-state index in [4.69, 9.17) is 10.2 Å². The average molecular weight is 375 g/mol. The summed E-state index contributed by atoms with van der Waals surface area (Å²) in [5, 5.41) is 16.5. The lowest BCUT2D eigenvalue weighted by Gasteiger charge is -2.39. The summed E-state index contributed by atoms with van der Waals surface area (Å²) >= 11 is 0. The number of carboxylic acid groups (broad SMARTS) is 2. The molecule has 0 aromatic carbocycles. The van der Waals surface area contributed by atoms with Crippen molar-refractivity contribution in [1.82, 2.24) is 0 Å². The summed E-state index contributed by atoms with van der Waals surface area (Å²) in [6.07, 6.45) is 11.1. The number of aliphatic carboxylic acids is 2. The van der Waals surface area contributed by atoms with Gasteiger partial charge >= 0.3 is 11.9 Å². The highest BCUT2D eigenvalue weighted by atomic mass is 16.4. The topological polar surface area (TPSA) is 74.6 Å². The molecule has 26 heavy (non-hydrogen) atoms. The second kappa shape index (κ2) is 15.0. The van der Waals surface area contributed by atoms with E-state index in [0.29, 0.717) is 0 Å². The van der Waals surface area contributed by atoms with Gasteiger partial charge in [-0.05, 0) is 39.5 Å². The highest BCUT2D eigenvalue weighted by molar-refractivity contribution is 5.97. The molecule has 0 aliphatic carbocycles. The van der Waals surface area contributed by atoms with E-state index in [1.807, 2.05) is 0 Å². The van der Waals surface area contributed by atoms with Crippen molar-refractivity contribution < 1.29 is 24.3 Å². The number of quaternary nitrogens is 1. The molecule has 0 aliphatic rings. The largest absolute Gasteiger partial charge is 0.480 e. The molecule has 0 heterocycles. The maximum absolute atomic E-state index is 10.1. The summed E-state index contributed by atoms with van der Waals surface area (Å²) in [5.74, 6) is -2.65. The van der Waals surface area contributed by atoms with Crippen molar-refractivity contribution >= 4 is 11.9 Å². The Morgan fingerprint density at radius 2 is 0.885 bits per heavy atom. The van der Waals surface area contributed by atoms with Crippen molar-refractivity contribution in [1.29, 1.82) is 0 Å². The molecule has 2 N–H and O–H groups in total. The molecule has 0 atom stereocenters. The van der Waals surface area contributed by atoms with Gasteiger partial charge in [-0.1, -0.05) is 53.4 Å². The number of carbonyl (C=O) groups is 2. The van der Waals surface area contributed by atoms with Crippen molar-refractivity contribution in [2.75, 3.05) is 26.2 Å². The second-order valence-electron chi connectivity index (χ2n) is 7.89. The summed E-state index contributed by atoms with van der Waals surface area (Å²) < 4.78 is 1.42. The third-order valence-corrected chi connectivity index (χ3v) is 5.01. The van der Waals surface area contributed by atoms with Crippen LogP contribution in [0.5, 0.6) is 0 Å². The van der Waals surface area contributed by atoms with E-state index in [2.05, 4.69) is 27.7 Å². The Bertz CT molecular complexity index is 327. The van der Waals surface area contributed by atoms with Crippen LogP contribution in [0.1, 0.15) is 92.9 Å². The minimum atomic E-state index is -1.67. The first kappa shape index (κ1) is 27.1. The third-order valence-electron chi connectivity index (χ3n) is 5.01. The van der Waals surface area contributed by atoms with E-state index in [1.165, 1.54) is 82.0 Å². The zero-order valence-corrected chi connectivity index (χ0v) is 18.1. The first-order valence-corrected chi connectivity index (χ1v) is 10.4. The zero-order chi connectivity index (χ0) is 20.6. The number of hydrogen-bond donors (Lipinski definition) is 2. The Morgan fingerprint density at radius 3 is 1.00 bits per heavy atom. The molecule has 0 aliphatic heterocycles. The van der Waals surface area contributed by atoms with E-state index in [0.717, 1.165) is 13.8 Å². The first-order chi connectivity index (χ1) is 12.1. The molecule has 0 unspecified atom stereocenters. The molecule has 0 saturated heterocycles. The van der Waals surface area contributed by atoms with Gasteiger partial charge in [-0.25, -0.2) is 0 Å². The quantitative estimate of drug-likeness (QED) is 0.324. The minimum absolute atomic E-state index is 1.14. The summed E-state index contributed by atoms with van der Waals surface area (Å²) in [5.41, 5.74) is -1.67. The summed E-state index contributed by atoms with van der Waals surface area (Å²) in [6, 6.07) is 0. The van der Waals surface area contributed by atoms with Crippen LogP contribution in [0.3, 0.4) is 0 Å². The van der Waals surface area contributed by atoms with E-state index in [9.17, 15) is 9.59 Å². The van der Waals surface area contributed by atoms with Gasteiger partial charge in [0.15, 0.2) is 5.41 Å². The predicted octanol–water partition coefficient (Wildman–Crippen LogP) is 5.19. The lowest BCUT2D eigenvalue weighted by Crippen LogP contribution is -2.50. The number of unbranched alkanes of at least 4 members (excludes halogenated alkanes) is 4. The van der Waals surface area contributed by atoms with E-state index in [1.54, 1.807) is 0 Å². The monoisotopic (exact) mass is 374 g/mol. The smallest absolute Gasteiger partial charge is 0.320 e. The minimum Gasteiger partial charge on any atom is -0.480 e. The molecular formula is C21H44NO4+. The van der Waals surface area contributed by atoms with Crippen molar-refractivity contribution in [2.45, 2.75) is 92.9 Å². The van der Waals surface area contributed by atoms with E-state index < -0.39 is 17.4 Å². The number of carboxylic acids is 2. The fraction of sp³-hybridized carbons (Fsp3) is 0.905. The third kappa shape index (κ3) is 11.5. The maximum atomic E-state index is 10.1. The molecule has 0 aromatic rings. The second-order valence-corrected chi connectivity index (χ2v) is 7.89. The van der Waals surface area contributed by atoms with Crippen molar-refractivity contribution in [2.24, 2.45) is 5.41 Å². The molecule has 0 spiro atoms. The van der Waals surface area contributed by atoms with Gasteiger partial charge in [0.25, 0.3) is 0 Å². The number of rotatable bonds is 14. The van der Waals surface area contributed by atoms with Crippen LogP contribution in [-0.2, 0) is 9.59 Å². The summed E-state index contributed by atoms with van der Waals surface area (Å²) in [6.45, 7) is 17.3. The zero-order valence-electron chi connectivity index (χ0n) is 18.1. The van der Waals surface area contributed by atoms with Crippen LogP contribution in [0, 0.1) is 5.41 Å². The average Bonchev–Trinajstić information content (AvgIpc) is 2.60. The Hall–Kier alpha value is -1.10. The predicted molar refractivity (Wildman–Crippen MR) is 108 cm³/mol. The Labute approximate surface area is 161 Å². The van der Waals surface area contributed by atoms with Crippen LogP contribution in [0.2, 0.25) is 0 Å². The van der Waals surface area contributed by atoms with Crippen LogP contribution < -0.4 is 0 Å². The standard InChI is InChI=1S/C16H36N.C5H8O4/c1-5-9-13-17(14-10-6-2,15-11-7-3)16-12-8-4;1-5(2,3(6)7)4(8)9/h5-16H2,1-4H3;1-2H3,(H,6,7)(H,8,9)/q+1;. The molecule has 156 valence electrons. The summed E-state index contributed by atoms with van der Waals surface area (Å²) in [7, 11) is 0. The van der Waals surface area contributed by atoms with E-state index >= 15 is 0 Å². The SMILES string of the molecule is CC(C)(C(=O)O)C(=O)O.CCCC[N+](CCCC)(CCCC)CCCC. The van der Waals surface area contributed by atoms with E-state index in [-0.39, 0.29) is 0 Å². The summed E-state index contributed by atoms with van der Waals surface area (Å²) in [4.78, 5) is 20.2. The molecule has 5 nitrogen and oxygen atoms in total. The normalized spacial score (nSPS) is 11.6. The number of nitrogens with zero attached hydrogens (tertiary/aromatic N) is 1. The van der Waals surface area contributed by atoms with Gasteiger partial charge in [0.2, 0.25) is 0 Å². The molecule has 0 rings (SSSR count). The van der Waals surface area contributed by atoms with Crippen molar-refractivity contribution in [3.8, 4) is 0 Å². The molecule has 0 radical (unpaired) electrons. The first-order valence-electron chi connectivity index (χ1n) is 10.4. The molecule has 0 aromatic heterocycles. The maximum Gasteiger partial charge on any atom is 0.320 e. The van der Waals surface area contributed by atoms with Gasteiger partial charge < -0.3 is 14.7 Å². The fourth-order valence-electron chi connectivity index (χ4n) is 2.74. The fourth-order valence-corrected chi connectivity index (χ4v) is 2.74. The van der Waals surface area contributed by atoms with Gasteiger partial charge in [-0.15, -0.1) is 0 Å². The van der Waals surface area contributed by atoms with Gasteiger partial charge in [0, 0.05) is 0 Å². The molecule has 0 saturated carbocycles. The van der Waals surface area contributed by atoms with Gasteiger partial charge in [-0.3, -0.25) is 9.59 Å². The lowest BCUT2D eigenvalue weighted by atomic mass is 9.95. The van der Waals surface area contributed by atoms with Gasteiger partial charge in [-0.2, -0.15) is 0 Å².